The molecule has 1 fully saturated rings. The Kier molecular flexibility index (Phi) is 3.61. The number of nitrogens with zero attached hydrogens (tertiary/aromatic N) is 2. The lowest BCUT2D eigenvalue weighted by Gasteiger charge is -2.30. The first-order chi connectivity index (χ1) is 7.66. The molecule has 0 saturated carbocycles. The molecule has 4 heteroatoms. The SMILES string of the molecule is CC1CC(NC(C)c2nccn2C)CCO1. The smallest absolute Gasteiger partial charge is 0.125 e. The van der Waals surface area contributed by atoms with E-state index in [0.717, 1.165) is 25.3 Å². The van der Waals surface area contributed by atoms with E-state index in [1.807, 2.05) is 19.4 Å². The number of nitrogens with one attached hydrogen (secondary N) is 1. The zero-order valence-corrected chi connectivity index (χ0v) is 10.3. The topological polar surface area (TPSA) is 39.1 Å². The molecular formula is C12H21N3O. The summed E-state index contributed by atoms with van der Waals surface area (Å²) in [5.74, 6) is 1.10. The number of aryl methyl sites for hydroxylation is 1. The third-order valence-corrected chi connectivity index (χ3v) is 3.22. The normalized spacial score (nSPS) is 27.9. The monoisotopic (exact) mass is 223 g/mol. The highest BCUT2D eigenvalue weighted by Crippen LogP contribution is 2.17. The fraction of sp³-hybridized carbons (Fsp3) is 0.750. The first kappa shape index (κ1) is 11.6. The first-order valence-corrected chi connectivity index (χ1v) is 6.01. The summed E-state index contributed by atoms with van der Waals surface area (Å²) in [6.45, 7) is 5.17. The van der Waals surface area contributed by atoms with E-state index in [-0.39, 0.29) is 0 Å². The summed E-state index contributed by atoms with van der Waals surface area (Å²) >= 11 is 0. The Morgan fingerprint density at radius 1 is 1.62 bits per heavy atom. The minimum atomic E-state index is 0.301. The molecule has 0 spiro atoms. The van der Waals surface area contributed by atoms with Crippen LogP contribution in [0.1, 0.15) is 38.6 Å². The molecule has 2 rings (SSSR count). The number of hydrogen-bond acceptors (Lipinski definition) is 3. The van der Waals surface area contributed by atoms with Crippen molar-refractivity contribution in [2.24, 2.45) is 7.05 Å². The molecule has 1 aromatic rings. The average molecular weight is 223 g/mol. The minimum absolute atomic E-state index is 0.301. The van der Waals surface area contributed by atoms with Crippen molar-refractivity contribution >= 4 is 0 Å². The molecule has 0 radical (unpaired) electrons. The van der Waals surface area contributed by atoms with Gasteiger partial charge in [0, 0.05) is 32.1 Å². The second-order valence-electron chi connectivity index (χ2n) is 4.69. The van der Waals surface area contributed by atoms with Crippen LogP contribution in [-0.4, -0.2) is 28.3 Å². The standard InChI is InChI=1S/C12H21N3O/c1-9-8-11(4-7-16-9)14-10(2)12-13-5-6-15(12)3/h5-6,9-11,14H,4,7-8H2,1-3H3. The van der Waals surface area contributed by atoms with E-state index in [9.17, 15) is 0 Å². The van der Waals surface area contributed by atoms with Crippen LogP contribution in [0.5, 0.6) is 0 Å². The van der Waals surface area contributed by atoms with E-state index in [2.05, 4.69) is 28.7 Å². The average Bonchev–Trinajstić information content (AvgIpc) is 2.64. The van der Waals surface area contributed by atoms with Crippen LogP contribution in [0.15, 0.2) is 12.4 Å². The van der Waals surface area contributed by atoms with Gasteiger partial charge in [-0.2, -0.15) is 0 Å². The van der Waals surface area contributed by atoms with Gasteiger partial charge in [-0.25, -0.2) is 4.98 Å². The molecule has 1 saturated heterocycles. The Morgan fingerprint density at radius 3 is 3.06 bits per heavy atom. The number of imidazole rings is 1. The fourth-order valence-corrected chi connectivity index (χ4v) is 2.37. The van der Waals surface area contributed by atoms with E-state index in [1.165, 1.54) is 0 Å². The van der Waals surface area contributed by atoms with Crippen molar-refractivity contribution in [3.05, 3.63) is 18.2 Å². The van der Waals surface area contributed by atoms with E-state index in [0.29, 0.717) is 18.2 Å². The van der Waals surface area contributed by atoms with Crippen molar-refractivity contribution in [2.45, 2.75) is 44.9 Å². The van der Waals surface area contributed by atoms with Crippen LogP contribution in [0.3, 0.4) is 0 Å². The summed E-state index contributed by atoms with van der Waals surface area (Å²) < 4.78 is 7.61. The van der Waals surface area contributed by atoms with Gasteiger partial charge in [-0.15, -0.1) is 0 Å². The molecule has 2 heterocycles. The molecule has 4 nitrogen and oxygen atoms in total. The van der Waals surface area contributed by atoms with E-state index in [1.54, 1.807) is 0 Å². The summed E-state index contributed by atoms with van der Waals surface area (Å²) in [5.41, 5.74) is 0. The fourth-order valence-electron chi connectivity index (χ4n) is 2.37. The van der Waals surface area contributed by atoms with Crippen molar-refractivity contribution < 1.29 is 4.74 Å². The van der Waals surface area contributed by atoms with Gasteiger partial charge in [0.15, 0.2) is 0 Å². The summed E-state index contributed by atoms with van der Waals surface area (Å²) in [6, 6.07) is 0.853. The summed E-state index contributed by atoms with van der Waals surface area (Å²) in [7, 11) is 2.03. The van der Waals surface area contributed by atoms with Crippen molar-refractivity contribution in [1.29, 1.82) is 0 Å². The van der Waals surface area contributed by atoms with Crippen molar-refractivity contribution in [3.8, 4) is 0 Å². The predicted molar refractivity (Wildman–Crippen MR) is 63.2 cm³/mol. The van der Waals surface area contributed by atoms with Gasteiger partial charge in [-0.05, 0) is 26.7 Å². The zero-order valence-electron chi connectivity index (χ0n) is 10.3. The van der Waals surface area contributed by atoms with Gasteiger partial charge in [0.1, 0.15) is 5.82 Å². The third-order valence-electron chi connectivity index (χ3n) is 3.22. The van der Waals surface area contributed by atoms with Gasteiger partial charge in [-0.1, -0.05) is 0 Å². The maximum atomic E-state index is 5.54. The zero-order chi connectivity index (χ0) is 11.5. The molecule has 3 unspecified atom stereocenters. The van der Waals surface area contributed by atoms with Crippen molar-refractivity contribution in [2.75, 3.05) is 6.61 Å². The van der Waals surface area contributed by atoms with E-state index >= 15 is 0 Å². The minimum Gasteiger partial charge on any atom is -0.378 e. The van der Waals surface area contributed by atoms with Gasteiger partial charge < -0.3 is 14.6 Å². The molecule has 0 aliphatic carbocycles. The summed E-state index contributed by atoms with van der Waals surface area (Å²) in [4.78, 5) is 4.37. The van der Waals surface area contributed by atoms with Crippen molar-refractivity contribution in [1.82, 2.24) is 14.9 Å². The lowest BCUT2D eigenvalue weighted by molar-refractivity contribution is 0.0113. The highest BCUT2D eigenvalue weighted by molar-refractivity contribution is 4.98. The van der Waals surface area contributed by atoms with Gasteiger partial charge in [0.05, 0.1) is 12.1 Å². The largest absolute Gasteiger partial charge is 0.378 e. The van der Waals surface area contributed by atoms with Crippen LogP contribution in [0.25, 0.3) is 0 Å². The quantitative estimate of drug-likeness (QED) is 0.846. The molecule has 1 N–H and O–H groups in total. The van der Waals surface area contributed by atoms with Crippen molar-refractivity contribution in [3.63, 3.8) is 0 Å². The van der Waals surface area contributed by atoms with Gasteiger partial charge in [-0.3, -0.25) is 0 Å². The Hall–Kier alpha value is -0.870. The molecule has 1 aliphatic heterocycles. The van der Waals surface area contributed by atoms with Crippen LogP contribution >= 0.6 is 0 Å². The molecule has 0 bridgehead atoms. The molecule has 0 amide bonds. The Morgan fingerprint density at radius 2 is 2.44 bits per heavy atom. The number of hydrogen-bond donors (Lipinski definition) is 1. The Balaban J connectivity index is 1.92. The highest BCUT2D eigenvalue weighted by atomic mass is 16.5. The maximum absolute atomic E-state index is 5.54. The summed E-state index contributed by atoms with van der Waals surface area (Å²) in [5, 5.41) is 3.63. The highest BCUT2D eigenvalue weighted by Gasteiger charge is 2.22. The molecule has 16 heavy (non-hydrogen) atoms. The Bertz CT molecular complexity index is 337. The van der Waals surface area contributed by atoms with Crippen LogP contribution in [0.2, 0.25) is 0 Å². The third kappa shape index (κ3) is 2.62. The van der Waals surface area contributed by atoms with E-state index < -0.39 is 0 Å². The first-order valence-electron chi connectivity index (χ1n) is 6.01. The summed E-state index contributed by atoms with van der Waals surface area (Å²) in [6.07, 6.45) is 6.40. The molecular weight excluding hydrogens is 202 g/mol. The van der Waals surface area contributed by atoms with Gasteiger partial charge in [0.25, 0.3) is 0 Å². The lowest BCUT2D eigenvalue weighted by atomic mass is 10.0. The second-order valence-corrected chi connectivity index (χ2v) is 4.69. The van der Waals surface area contributed by atoms with Crippen LogP contribution in [-0.2, 0) is 11.8 Å². The lowest BCUT2D eigenvalue weighted by Crippen LogP contribution is -2.39. The van der Waals surface area contributed by atoms with Crippen LogP contribution in [0, 0.1) is 0 Å². The van der Waals surface area contributed by atoms with Crippen LogP contribution < -0.4 is 5.32 Å². The van der Waals surface area contributed by atoms with Crippen LogP contribution in [0.4, 0.5) is 0 Å². The molecule has 90 valence electrons. The molecule has 1 aromatic heterocycles. The van der Waals surface area contributed by atoms with Gasteiger partial charge in [0.2, 0.25) is 0 Å². The molecule has 3 atom stereocenters. The Labute approximate surface area is 97.0 Å². The van der Waals surface area contributed by atoms with E-state index in [4.69, 9.17) is 4.74 Å². The molecule has 1 aliphatic rings. The van der Waals surface area contributed by atoms with Gasteiger partial charge >= 0.3 is 0 Å². The number of aromatic nitrogens is 2. The molecule has 0 aromatic carbocycles. The predicted octanol–water partition coefficient (Wildman–Crippen LogP) is 1.64. The number of ether oxygens (including phenoxy) is 1. The maximum Gasteiger partial charge on any atom is 0.125 e. The number of rotatable bonds is 3. The second kappa shape index (κ2) is 4.97.